The van der Waals surface area contributed by atoms with Gasteiger partial charge in [-0.3, -0.25) is 0 Å². The zero-order chi connectivity index (χ0) is 18.1. The monoisotopic (exact) mass is 356 g/mol. The summed E-state index contributed by atoms with van der Waals surface area (Å²) >= 11 is 1.80. The van der Waals surface area contributed by atoms with Gasteiger partial charge in [0, 0.05) is 10.6 Å². The highest BCUT2D eigenvalue weighted by atomic mass is 32.2. The summed E-state index contributed by atoms with van der Waals surface area (Å²) in [5.74, 6) is 1.80. The lowest BCUT2D eigenvalue weighted by Gasteiger charge is -2.32. The van der Waals surface area contributed by atoms with Gasteiger partial charge in [0.15, 0.2) is 0 Å². The Hall–Kier alpha value is -1.43. The summed E-state index contributed by atoms with van der Waals surface area (Å²) < 4.78 is 17.5. The predicted octanol–water partition coefficient (Wildman–Crippen LogP) is 4.29. The Kier molecular flexibility index (Phi) is 5.19. The van der Waals surface area contributed by atoms with E-state index < -0.39 is 0 Å². The van der Waals surface area contributed by atoms with Crippen LogP contribution in [-0.4, -0.2) is 25.4 Å². The van der Waals surface area contributed by atoms with Gasteiger partial charge in [0.1, 0.15) is 5.75 Å². The third kappa shape index (κ3) is 4.05. The summed E-state index contributed by atoms with van der Waals surface area (Å²) in [6, 6.07) is 16.6. The van der Waals surface area contributed by atoms with Crippen molar-refractivity contribution in [2.45, 2.75) is 49.5 Å². The highest BCUT2D eigenvalue weighted by Crippen LogP contribution is 2.36. The first-order valence-electron chi connectivity index (χ1n) is 8.52. The van der Waals surface area contributed by atoms with Gasteiger partial charge in [-0.25, -0.2) is 0 Å². The summed E-state index contributed by atoms with van der Waals surface area (Å²) in [7, 11) is 1.39. The van der Waals surface area contributed by atoms with Crippen molar-refractivity contribution in [1.82, 2.24) is 0 Å². The quantitative estimate of drug-likeness (QED) is 0.590. The Labute approximate surface area is 155 Å². The molecule has 0 radical (unpaired) electrons. The fourth-order valence-corrected chi connectivity index (χ4v) is 3.51. The molecule has 0 saturated carbocycles. The van der Waals surface area contributed by atoms with Crippen molar-refractivity contribution in [3.8, 4) is 5.75 Å². The average molecular weight is 356 g/mol. The molecule has 5 heteroatoms. The molecule has 2 aromatic carbocycles. The van der Waals surface area contributed by atoms with E-state index >= 15 is 0 Å². The second kappa shape index (κ2) is 7.06. The van der Waals surface area contributed by atoms with Crippen LogP contribution in [0.15, 0.2) is 53.4 Å². The summed E-state index contributed by atoms with van der Waals surface area (Å²) in [5, 5.41) is 0. The first-order chi connectivity index (χ1) is 11.8. The predicted molar refractivity (Wildman–Crippen MR) is 105 cm³/mol. The topological polar surface area (TPSA) is 27.7 Å². The molecular weight excluding hydrogens is 331 g/mol. The van der Waals surface area contributed by atoms with E-state index in [2.05, 4.69) is 64.1 Å². The highest BCUT2D eigenvalue weighted by Gasteiger charge is 2.51. The van der Waals surface area contributed by atoms with Crippen molar-refractivity contribution < 1.29 is 14.0 Å². The molecule has 3 nitrogen and oxygen atoms in total. The van der Waals surface area contributed by atoms with E-state index in [1.165, 1.54) is 10.5 Å². The second-order valence-electron chi connectivity index (χ2n) is 7.30. The first-order valence-corrected chi connectivity index (χ1v) is 9.51. The summed E-state index contributed by atoms with van der Waals surface area (Å²) in [4.78, 5) is 1.20. The Morgan fingerprint density at radius 2 is 1.60 bits per heavy atom. The van der Waals surface area contributed by atoms with Crippen LogP contribution in [0.25, 0.3) is 0 Å². The fraction of sp³-hybridized carbons (Fsp3) is 0.400. The molecule has 3 rings (SSSR count). The smallest absolute Gasteiger partial charge is 0.494 e. The van der Waals surface area contributed by atoms with Crippen LogP contribution in [0.1, 0.15) is 33.3 Å². The largest absolute Gasteiger partial charge is 0.497 e. The van der Waals surface area contributed by atoms with Crippen LogP contribution in [0.4, 0.5) is 0 Å². The van der Waals surface area contributed by atoms with Crippen LogP contribution in [-0.2, 0) is 15.1 Å². The molecule has 25 heavy (non-hydrogen) atoms. The van der Waals surface area contributed by atoms with E-state index in [-0.39, 0.29) is 18.3 Å². The maximum atomic E-state index is 6.10. The Balaban J connectivity index is 1.63. The minimum Gasteiger partial charge on any atom is -0.497 e. The van der Waals surface area contributed by atoms with Crippen LogP contribution in [0.5, 0.6) is 5.75 Å². The fourth-order valence-electron chi connectivity index (χ4n) is 2.61. The van der Waals surface area contributed by atoms with E-state index in [1.54, 1.807) is 18.9 Å². The zero-order valence-electron chi connectivity index (χ0n) is 15.5. The molecule has 0 N–H and O–H groups in total. The maximum absolute atomic E-state index is 6.10. The summed E-state index contributed by atoms with van der Waals surface area (Å²) in [6.45, 7) is 8.30. The van der Waals surface area contributed by atoms with Crippen molar-refractivity contribution in [2.75, 3.05) is 7.11 Å². The molecule has 0 unspecified atom stereocenters. The van der Waals surface area contributed by atoms with E-state index in [1.807, 2.05) is 12.1 Å². The minimum absolute atomic E-state index is 0.301. The number of hydrogen-bond donors (Lipinski definition) is 0. The van der Waals surface area contributed by atoms with Gasteiger partial charge in [-0.05, 0) is 56.9 Å². The molecule has 1 heterocycles. The Morgan fingerprint density at radius 3 is 2.20 bits per heavy atom. The lowest BCUT2D eigenvalue weighted by molar-refractivity contribution is 0.00578. The van der Waals surface area contributed by atoms with Gasteiger partial charge in [0.2, 0.25) is 0 Å². The van der Waals surface area contributed by atoms with Crippen LogP contribution >= 0.6 is 11.8 Å². The first kappa shape index (κ1) is 18.4. The molecule has 0 aliphatic carbocycles. The van der Waals surface area contributed by atoms with Gasteiger partial charge in [0.25, 0.3) is 0 Å². The molecule has 0 atom stereocenters. The molecule has 0 aromatic heterocycles. The SMILES string of the molecule is COc1cccc(SCc2ccc(B3OC(C)(C)C(C)(C)O3)cc2)c1. The zero-order valence-corrected chi connectivity index (χ0v) is 16.4. The molecule has 0 spiro atoms. The Morgan fingerprint density at radius 1 is 0.960 bits per heavy atom. The highest BCUT2D eigenvalue weighted by molar-refractivity contribution is 7.98. The molecule has 1 fully saturated rings. The number of benzene rings is 2. The lowest BCUT2D eigenvalue weighted by atomic mass is 9.79. The summed E-state index contributed by atoms with van der Waals surface area (Å²) in [6.07, 6.45) is 0. The third-order valence-corrected chi connectivity index (χ3v) is 6.02. The van der Waals surface area contributed by atoms with Crippen molar-refractivity contribution in [3.63, 3.8) is 0 Å². The Bertz CT molecular complexity index is 712. The van der Waals surface area contributed by atoms with Gasteiger partial charge in [-0.2, -0.15) is 0 Å². The second-order valence-corrected chi connectivity index (χ2v) is 8.35. The normalized spacial score (nSPS) is 18.4. The number of methoxy groups -OCH3 is 1. The lowest BCUT2D eigenvalue weighted by Crippen LogP contribution is -2.41. The van der Waals surface area contributed by atoms with E-state index in [9.17, 15) is 0 Å². The number of ether oxygens (including phenoxy) is 1. The average Bonchev–Trinajstić information content (AvgIpc) is 2.81. The molecule has 0 bridgehead atoms. The molecule has 0 amide bonds. The van der Waals surface area contributed by atoms with E-state index in [0.29, 0.717) is 0 Å². The van der Waals surface area contributed by atoms with Crippen molar-refractivity contribution in [3.05, 3.63) is 54.1 Å². The van der Waals surface area contributed by atoms with Crippen LogP contribution in [0.3, 0.4) is 0 Å². The van der Waals surface area contributed by atoms with Gasteiger partial charge >= 0.3 is 7.12 Å². The number of hydrogen-bond acceptors (Lipinski definition) is 4. The van der Waals surface area contributed by atoms with Gasteiger partial charge in [-0.1, -0.05) is 30.3 Å². The minimum atomic E-state index is -0.307. The number of rotatable bonds is 5. The molecule has 1 saturated heterocycles. The van der Waals surface area contributed by atoms with Crippen LogP contribution in [0, 0.1) is 0 Å². The van der Waals surface area contributed by atoms with Gasteiger partial charge in [-0.15, -0.1) is 11.8 Å². The van der Waals surface area contributed by atoms with Crippen molar-refractivity contribution >= 4 is 24.3 Å². The third-order valence-electron chi connectivity index (χ3n) is 4.95. The van der Waals surface area contributed by atoms with Crippen molar-refractivity contribution in [2.24, 2.45) is 0 Å². The molecule has 2 aromatic rings. The molecule has 1 aliphatic rings. The van der Waals surface area contributed by atoms with E-state index in [4.69, 9.17) is 14.0 Å². The molecule has 132 valence electrons. The summed E-state index contributed by atoms with van der Waals surface area (Å²) in [5.41, 5.74) is 1.72. The van der Waals surface area contributed by atoms with Crippen LogP contribution < -0.4 is 10.2 Å². The number of thioether (sulfide) groups is 1. The molecular formula is C20H25BO3S. The molecule has 1 aliphatic heterocycles. The maximum Gasteiger partial charge on any atom is 0.494 e. The standard InChI is InChI=1S/C20H25BO3S/c1-19(2)20(3,4)24-21(23-19)16-11-9-15(10-12-16)14-25-18-8-6-7-17(13-18)22-5/h6-13H,14H2,1-5H3. The van der Waals surface area contributed by atoms with Gasteiger partial charge < -0.3 is 14.0 Å². The van der Waals surface area contributed by atoms with E-state index in [0.717, 1.165) is 17.0 Å². The van der Waals surface area contributed by atoms with Crippen LogP contribution in [0.2, 0.25) is 0 Å². The van der Waals surface area contributed by atoms with Gasteiger partial charge in [0.05, 0.1) is 18.3 Å². The van der Waals surface area contributed by atoms with Crippen molar-refractivity contribution in [1.29, 1.82) is 0 Å².